The van der Waals surface area contributed by atoms with Crippen LogP contribution in [0.5, 0.6) is 11.5 Å². The van der Waals surface area contributed by atoms with Crippen molar-refractivity contribution in [2.75, 3.05) is 24.9 Å². The molecule has 4 aromatic carbocycles. The van der Waals surface area contributed by atoms with Gasteiger partial charge in [0.2, 0.25) is 19.7 Å². The Morgan fingerprint density at radius 1 is 0.596 bits per heavy atom. The molecule has 0 aliphatic heterocycles. The van der Waals surface area contributed by atoms with Crippen LogP contribution in [0, 0.1) is 5.82 Å². The van der Waals surface area contributed by atoms with Crippen molar-refractivity contribution in [3.8, 4) is 11.5 Å². The fraction of sp³-hybridized carbons (Fsp3) is 0.100. The van der Waals surface area contributed by atoms with Crippen LogP contribution in [0.2, 0.25) is 0 Å². The van der Waals surface area contributed by atoms with Gasteiger partial charge >= 0.3 is 12.1 Å². The van der Waals surface area contributed by atoms with Gasteiger partial charge in [0.25, 0.3) is 0 Å². The van der Waals surface area contributed by atoms with Crippen molar-refractivity contribution >= 4 is 43.1 Å². The van der Waals surface area contributed by atoms with Crippen molar-refractivity contribution < 1.29 is 40.3 Å². The average molecular weight is 811 g/mol. The first-order valence-corrected chi connectivity index (χ1v) is 20.0. The molecule has 0 saturated heterocycles. The van der Waals surface area contributed by atoms with E-state index in [1.54, 1.807) is 48.8 Å². The molecule has 0 spiro atoms. The number of methoxy groups -OCH3 is 2. The SMILES string of the molecule is COc1ccccc1S(=O)(=O)c1ccc(NC(=O)N(Cc2cccnc2)N(Cc2cccnc2)C(=O)Nc2ccc(S(=O)(=O)c3cc(F)ccc3OC)cc2)cc1. The molecule has 4 amide bonds. The lowest BCUT2D eigenvalue weighted by Gasteiger charge is -2.35. The Hall–Kier alpha value is -6.85. The minimum absolute atomic E-state index is 0.0212. The monoisotopic (exact) mass is 810 g/mol. The summed E-state index contributed by atoms with van der Waals surface area (Å²) in [5.41, 5.74) is 1.53. The number of sulfone groups is 2. The molecule has 57 heavy (non-hydrogen) atoms. The topological polar surface area (TPSA) is 177 Å². The molecule has 0 bridgehead atoms. The summed E-state index contributed by atoms with van der Waals surface area (Å²) in [7, 11) is -5.56. The zero-order chi connectivity index (χ0) is 40.6. The molecule has 0 atom stereocenters. The number of hydrogen-bond donors (Lipinski definition) is 2. The standard InChI is InChI=1S/C40H35FN6O8S2/c1-54-35-9-3-4-10-37(35)56(50,51)33-16-12-31(13-17-33)44-39(48)46(26-28-7-5-21-42-24-28)47(27-29-8-6-22-43-25-29)40(49)45-32-14-18-34(19-15-32)57(52,53)38-23-30(41)11-20-36(38)55-2/h3-25H,26-27H2,1-2H3,(H,44,48)(H,45,49). The van der Waals surface area contributed by atoms with E-state index in [4.69, 9.17) is 9.47 Å². The van der Waals surface area contributed by atoms with Crippen molar-refractivity contribution in [1.82, 2.24) is 20.0 Å². The van der Waals surface area contributed by atoms with Gasteiger partial charge in [0.15, 0.2) is 0 Å². The van der Waals surface area contributed by atoms with Gasteiger partial charge in [0.05, 0.1) is 37.1 Å². The molecule has 2 heterocycles. The molecule has 0 unspecified atom stereocenters. The zero-order valence-corrected chi connectivity index (χ0v) is 32.1. The maximum atomic E-state index is 14.2. The summed E-state index contributed by atoms with van der Waals surface area (Å²) in [5.74, 6) is -0.625. The van der Waals surface area contributed by atoms with Gasteiger partial charge in [0.1, 0.15) is 27.1 Å². The molecule has 0 aliphatic carbocycles. The minimum Gasteiger partial charge on any atom is -0.495 e. The summed E-state index contributed by atoms with van der Waals surface area (Å²) in [5, 5.41) is 7.75. The van der Waals surface area contributed by atoms with E-state index in [0.29, 0.717) is 11.1 Å². The quantitative estimate of drug-likeness (QED) is 0.123. The fourth-order valence-electron chi connectivity index (χ4n) is 5.63. The molecule has 0 fully saturated rings. The molecular weight excluding hydrogens is 776 g/mol. The number of pyridine rings is 2. The molecule has 2 N–H and O–H groups in total. The molecule has 17 heteroatoms. The number of aromatic nitrogens is 2. The zero-order valence-electron chi connectivity index (χ0n) is 30.4. The second-order valence-electron chi connectivity index (χ2n) is 12.2. The van der Waals surface area contributed by atoms with Gasteiger partial charge in [-0.25, -0.2) is 40.8 Å². The van der Waals surface area contributed by atoms with E-state index in [0.717, 1.165) is 22.2 Å². The van der Waals surface area contributed by atoms with Gasteiger partial charge in [0, 0.05) is 36.2 Å². The van der Waals surface area contributed by atoms with Gasteiger partial charge < -0.3 is 20.1 Å². The molecule has 14 nitrogen and oxygen atoms in total. The summed E-state index contributed by atoms with van der Waals surface area (Å²) in [6.45, 7) is -0.282. The number of ether oxygens (including phenoxy) is 2. The molecule has 292 valence electrons. The van der Waals surface area contributed by atoms with E-state index < -0.39 is 37.6 Å². The third-order valence-corrected chi connectivity index (χ3v) is 12.1. The van der Waals surface area contributed by atoms with Gasteiger partial charge in [-0.05, 0) is 102 Å². The third-order valence-electron chi connectivity index (χ3n) is 8.48. The number of para-hydroxylation sites is 1. The second kappa shape index (κ2) is 17.3. The van der Waals surface area contributed by atoms with Crippen LogP contribution < -0.4 is 20.1 Å². The lowest BCUT2D eigenvalue weighted by molar-refractivity contribution is 0.0466. The number of urea groups is 2. The van der Waals surface area contributed by atoms with Crippen LogP contribution in [0.15, 0.2) is 160 Å². The Morgan fingerprint density at radius 2 is 1.05 bits per heavy atom. The number of carbonyl (C=O) groups is 2. The van der Waals surface area contributed by atoms with Crippen LogP contribution >= 0.6 is 0 Å². The van der Waals surface area contributed by atoms with E-state index in [-0.39, 0.29) is 55.5 Å². The lowest BCUT2D eigenvalue weighted by atomic mass is 10.2. The van der Waals surface area contributed by atoms with Gasteiger partial charge in [-0.15, -0.1) is 0 Å². The van der Waals surface area contributed by atoms with Crippen molar-refractivity contribution in [1.29, 1.82) is 0 Å². The van der Waals surface area contributed by atoms with Gasteiger partial charge in [-0.3, -0.25) is 9.97 Å². The smallest absolute Gasteiger partial charge is 0.341 e. The Balaban J connectivity index is 1.29. The van der Waals surface area contributed by atoms with Crippen LogP contribution in [0.25, 0.3) is 0 Å². The molecule has 2 aromatic heterocycles. The van der Waals surface area contributed by atoms with E-state index in [1.807, 2.05) is 0 Å². The number of rotatable bonds is 12. The fourth-order valence-corrected chi connectivity index (χ4v) is 8.48. The predicted molar refractivity (Wildman–Crippen MR) is 207 cm³/mol. The lowest BCUT2D eigenvalue weighted by Crippen LogP contribution is -2.52. The van der Waals surface area contributed by atoms with Crippen LogP contribution in [0.4, 0.5) is 25.4 Å². The minimum atomic E-state index is -4.23. The van der Waals surface area contributed by atoms with E-state index in [1.165, 1.54) is 93.3 Å². The number of carbonyl (C=O) groups excluding carboxylic acids is 2. The van der Waals surface area contributed by atoms with Crippen LogP contribution in [0.3, 0.4) is 0 Å². The Labute approximate surface area is 328 Å². The van der Waals surface area contributed by atoms with E-state index >= 15 is 0 Å². The number of amides is 4. The number of nitrogens with zero attached hydrogens (tertiary/aromatic N) is 4. The maximum absolute atomic E-state index is 14.2. The Kier molecular flexibility index (Phi) is 12.1. The van der Waals surface area contributed by atoms with Crippen LogP contribution in [0.1, 0.15) is 11.1 Å². The molecular formula is C40H35FN6O8S2. The van der Waals surface area contributed by atoms with Crippen molar-refractivity contribution in [2.24, 2.45) is 0 Å². The summed E-state index contributed by atoms with van der Waals surface area (Å²) in [4.78, 5) is 36.0. The average Bonchev–Trinajstić information content (AvgIpc) is 3.23. The summed E-state index contributed by atoms with van der Waals surface area (Å²) in [6.07, 6.45) is 6.18. The van der Waals surface area contributed by atoms with Crippen LogP contribution in [-0.2, 0) is 32.8 Å². The highest BCUT2D eigenvalue weighted by Crippen LogP contribution is 2.32. The normalized spacial score (nSPS) is 11.3. The molecule has 0 radical (unpaired) electrons. The molecule has 0 saturated carbocycles. The number of hydrogen-bond acceptors (Lipinski definition) is 10. The van der Waals surface area contributed by atoms with Gasteiger partial charge in [-0.1, -0.05) is 24.3 Å². The molecule has 6 rings (SSSR count). The first kappa shape index (κ1) is 39.8. The van der Waals surface area contributed by atoms with E-state index in [9.17, 15) is 30.8 Å². The largest absolute Gasteiger partial charge is 0.495 e. The number of nitrogens with one attached hydrogen (secondary N) is 2. The van der Waals surface area contributed by atoms with Crippen LogP contribution in [-0.4, -0.2) is 63.1 Å². The number of anilines is 2. The van der Waals surface area contributed by atoms with Crippen molar-refractivity contribution in [3.05, 3.63) is 157 Å². The number of benzene rings is 4. The predicted octanol–water partition coefficient (Wildman–Crippen LogP) is 6.98. The molecule has 6 aromatic rings. The second-order valence-corrected chi connectivity index (χ2v) is 16.0. The first-order valence-electron chi connectivity index (χ1n) is 17.0. The third kappa shape index (κ3) is 9.17. The summed E-state index contributed by atoms with van der Waals surface area (Å²) >= 11 is 0. The first-order chi connectivity index (χ1) is 27.4. The highest BCUT2D eigenvalue weighted by Gasteiger charge is 2.29. The maximum Gasteiger partial charge on any atom is 0.341 e. The number of halogens is 1. The summed E-state index contributed by atoms with van der Waals surface area (Å²) in [6, 6.07) is 25.3. The highest BCUT2D eigenvalue weighted by molar-refractivity contribution is 7.92. The highest BCUT2D eigenvalue weighted by atomic mass is 32.2. The summed E-state index contributed by atoms with van der Waals surface area (Å²) < 4.78 is 78.1. The van der Waals surface area contributed by atoms with Crippen molar-refractivity contribution in [2.45, 2.75) is 32.7 Å². The Morgan fingerprint density at radius 3 is 1.51 bits per heavy atom. The molecule has 0 aliphatic rings. The Bertz CT molecular complexity index is 2580. The van der Waals surface area contributed by atoms with Gasteiger partial charge in [-0.2, -0.15) is 0 Å². The number of hydrazine groups is 1. The van der Waals surface area contributed by atoms with Crippen molar-refractivity contribution in [3.63, 3.8) is 0 Å². The van der Waals surface area contributed by atoms with E-state index in [2.05, 4.69) is 20.6 Å².